The van der Waals surface area contributed by atoms with Crippen LogP contribution in [-0.4, -0.2) is 34.2 Å². The van der Waals surface area contributed by atoms with Gasteiger partial charge in [-0.1, -0.05) is 36.4 Å². The molecule has 0 aliphatic carbocycles. The zero-order valence-corrected chi connectivity index (χ0v) is 16.9. The molecule has 2 aliphatic heterocycles. The highest BCUT2D eigenvalue weighted by Gasteiger charge is 2.48. The molecule has 6 heteroatoms. The van der Waals surface area contributed by atoms with Crippen LogP contribution in [0.4, 0.5) is 5.69 Å². The fraction of sp³-hybridized carbons (Fsp3) is 0.348. The summed E-state index contributed by atoms with van der Waals surface area (Å²) in [7, 11) is 0. The molecule has 2 amide bonds. The number of carbonyl (C=O) groups is 2. The van der Waals surface area contributed by atoms with Gasteiger partial charge in [-0.05, 0) is 44.0 Å². The highest BCUT2D eigenvalue weighted by Crippen LogP contribution is 2.38. The lowest BCUT2D eigenvalue weighted by molar-refractivity contribution is -0.161. The fourth-order valence-corrected chi connectivity index (χ4v) is 4.07. The van der Waals surface area contributed by atoms with Crippen LogP contribution in [0.5, 0.6) is 0 Å². The maximum absolute atomic E-state index is 13.3. The Kier molecular flexibility index (Phi) is 4.74. The number of anilines is 1. The van der Waals surface area contributed by atoms with Crippen LogP contribution < -0.4 is 4.90 Å². The average Bonchev–Trinajstić information content (AvgIpc) is 3.24. The van der Waals surface area contributed by atoms with Gasteiger partial charge in [-0.2, -0.15) is 10.1 Å². The van der Waals surface area contributed by atoms with Gasteiger partial charge in [-0.15, -0.1) is 0 Å². The van der Waals surface area contributed by atoms with E-state index in [9.17, 15) is 14.7 Å². The van der Waals surface area contributed by atoms with Gasteiger partial charge >= 0.3 is 0 Å². The monoisotopic (exact) mass is 391 g/mol. The quantitative estimate of drug-likeness (QED) is 0.874. The Balaban J connectivity index is 1.59. The highest BCUT2D eigenvalue weighted by molar-refractivity contribution is 6.01. The first-order valence-corrected chi connectivity index (χ1v) is 9.83. The van der Waals surface area contributed by atoms with Gasteiger partial charge in [-0.3, -0.25) is 9.59 Å². The summed E-state index contributed by atoms with van der Waals surface area (Å²) >= 11 is 0. The van der Waals surface area contributed by atoms with Crippen molar-refractivity contribution in [2.75, 3.05) is 11.4 Å². The van der Waals surface area contributed by atoms with E-state index >= 15 is 0 Å². The summed E-state index contributed by atoms with van der Waals surface area (Å²) in [5.41, 5.74) is 2.84. The van der Waals surface area contributed by atoms with E-state index in [1.54, 1.807) is 24.0 Å². The second-order valence-electron chi connectivity index (χ2n) is 8.02. The molecule has 2 aromatic rings. The maximum atomic E-state index is 13.3. The van der Waals surface area contributed by atoms with Gasteiger partial charge in [0.25, 0.3) is 5.91 Å². The predicted octanol–water partition coefficient (Wildman–Crippen LogP) is 3.11. The summed E-state index contributed by atoms with van der Waals surface area (Å²) < 4.78 is 0. The molecule has 0 radical (unpaired) electrons. The van der Waals surface area contributed by atoms with Crippen LogP contribution in [0.1, 0.15) is 36.5 Å². The number of hydrogen-bond donors (Lipinski definition) is 1. The largest absolute Gasteiger partial charge is 0.365 e. The Labute approximate surface area is 170 Å². The SMILES string of the molecule is CC1=NN(C(=O)C2CC(=O)N(c3ccc(C)c(C)c3)C2)C(O)(c2ccccc2)C1. The highest BCUT2D eigenvalue weighted by atomic mass is 16.3. The number of aryl methyl sites for hydroxylation is 2. The van der Waals surface area contributed by atoms with E-state index in [4.69, 9.17) is 0 Å². The molecule has 0 spiro atoms. The van der Waals surface area contributed by atoms with Crippen LogP contribution >= 0.6 is 0 Å². The van der Waals surface area contributed by atoms with Gasteiger partial charge in [-0.25, -0.2) is 0 Å². The number of aliphatic hydroxyl groups is 1. The third kappa shape index (κ3) is 3.34. The first-order valence-electron chi connectivity index (χ1n) is 9.83. The van der Waals surface area contributed by atoms with E-state index in [2.05, 4.69) is 5.10 Å². The van der Waals surface area contributed by atoms with Crippen molar-refractivity contribution in [2.45, 2.75) is 39.3 Å². The second kappa shape index (κ2) is 7.12. The molecule has 2 aliphatic rings. The Hall–Kier alpha value is -2.99. The van der Waals surface area contributed by atoms with Gasteiger partial charge in [0.1, 0.15) is 0 Å². The summed E-state index contributed by atoms with van der Waals surface area (Å²) in [6.07, 6.45) is 0.367. The zero-order chi connectivity index (χ0) is 20.8. The van der Waals surface area contributed by atoms with Crippen LogP contribution in [-0.2, 0) is 15.3 Å². The molecule has 1 fully saturated rings. The van der Waals surface area contributed by atoms with Crippen molar-refractivity contribution in [1.82, 2.24) is 5.01 Å². The van der Waals surface area contributed by atoms with E-state index in [0.717, 1.165) is 16.8 Å². The minimum atomic E-state index is -1.51. The lowest BCUT2D eigenvalue weighted by Gasteiger charge is -2.33. The van der Waals surface area contributed by atoms with Gasteiger partial charge < -0.3 is 10.0 Å². The van der Waals surface area contributed by atoms with E-state index in [0.29, 0.717) is 11.3 Å². The third-order valence-corrected chi connectivity index (χ3v) is 5.84. The topological polar surface area (TPSA) is 73.2 Å². The number of rotatable bonds is 3. The molecule has 6 nitrogen and oxygen atoms in total. The van der Waals surface area contributed by atoms with Gasteiger partial charge in [0, 0.05) is 36.3 Å². The average molecular weight is 391 g/mol. The normalized spacial score (nSPS) is 24.2. The summed E-state index contributed by atoms with van der Waals surface area (Å²) in [4.78, 5) is 27.6. The Morgan fingerprint density at radius 2 is 1.83 bits per heavy atom. The lowest BCUT2D eigenvalue weighted by atomic mass is 9.96. The zero-order valence-electron chi connectivity index (χ0n) is 16.9. The van der Waals surface area contributed by atoms with Crippen molar-refractivity contribution in [1.29, 1.82) is 0 Å². The van der Waals surface area contributed by atoms with Crippen molar-refractivity contribution in [2.24, 2.45) is 11.0 Å². The molecule has 150 valence electrons. The summed E-state index contributed by atoms with van der Waals surface area (Å²) in [5.74, 6) is -0.961. The molecule has 2 aromatic carbocycles. The van der Waals surface area contributed by atoms with Gasteiger partial charge in [0.05, 0.1) is 5.92 Å². The van der Waals surface area contributed by atoms with E-state index in [1.165, 1.54) is 5.01 Å². The smallest absolute Gasteiger partial charge is 0.251 e. The minimum absolute atomic E-state index is 0.0882. The van der Waals surface area contributed by atoms with Crippen molar-refractivity contribution >= 4 is 23.2 Å². The van der Waals surface area contributed by atoms with Crippen molar-refractivity contribution in [3.05, 3.63) is 65.2 Å². The van der Waals surface area contributed by atoms with Gasteiger partial charge in [0.15, 0.2) is 5.72 Å². The van der Waals surface area contributed by atoms with Crippen LogP contribution in [0.15, 0.2) is 53.6 Å². The Bertz CT molecular complexity index is 1000. The molecular weight excluding hydrogens is 366 g/mol. The molecule has 1 saturated heterocycles. The number of hydrazone groups is 1. The molecule has 0 bridgehead atoms. The first kappa shape index (κ1) is 19.3. The number of amides is 2. The molecule has 29 heavy (non-hydrogen) atoms. The van der Waals surface area contributed by atoms with Crippen LogP contribution in [0.25, 0.3) is 0 Å². The van der Waals surface area contributed by atoms with Crippen LogP contribution in [0.2, 0.25) is 0 Å². The minimum Gasteiger partial charge on any atom is -0.365 e. The van der Waals surface area contributed by atoms with Crippen LogP contribution in [0.3, 0.4) is 0 Å². The predicted molar refractivity (Wildman–Crippen MR) is 111 cm³/mol. The molecule has 0 saturated carbocycles. The molecule has 4 rings (SSSR count). The maximum Gasteiger partial charge on any atom is 0.251 e. The van der Waals surface area contributed by atoms with Crippen molar-refractivity contribution < 1.29 is 14.7 Å². The second-order valence-corrected chi connectivity index (χ2v) is 8.02. The molecular formula is C23H25N3O3. The summed E-state index contributed by atoms with van der Waals surface area (Å²) in [5, 5.41) is 16.8. The Morgan fingerprint density at radius 1 is 1.10 bits per heavy atom. The molecule has 2 unspecified atom stereocenters. The standard InChI is InChI=1S/C23H25N3O3/c1-15-9-10-20(11-16(15)2)25-14-18(12-21(25)27)22(28)26-23(29,13-17(3)24-26)19-7-5-4-6-8-19/h4-11,18,29H,12-14H2,1-3H3. The Morgan fingerprint density at radius 3 is 2.52 bits per heavy atom. The lowest BCUT2D eigenvalue weighted by Crippen LogP contribution is -2.46. The summed E-state index contributed by atoms with van der Waals surface area (Å²) in [6.45, 7) is 6.11. The number of benzene rings is 2. The van der Waals surface area contributed by atoms with Crippen LogP contribution in [0, 0.1) is 19.8 Å². The molecule has 1 N–H and O–H groups in total. The van der Waals surface area contributed by atoms with E-state index < -0.39 is 11.6 Å². The summed E-state index contributed by atoms with van der Waals surface area (Å²) in [6, 6.07) is 14.9. The number of carbonyl (C=O) groups excluding carboxylic acids is 2. The molecule has 2 heterocycles. The number of hydrogen-bond acceptors (Lipinski definition) is 4. The first-order chi connectivity index (χ1) is 13.8. The van der Waals surface area contributed by atoms with Crippen molar-refractivity contribution in [3.8, 4) is 0 Å². The third-order valence-electron chi connectivity index (χ3n) is 5.84. The van der Waals surface area contributed by atoms with E-state index in [1.807, 2.05) is 50.2 Å². The fourth-order valence-electron chi connectivity index (χ4n) is 4.07. The van der Waals surface area contributed by atoms with E-state index in [-0.39, 0.29) is 31.2 Å². The van der Waals surface area contributed by atoms with Crippen molar-refractivity contribution in [3.63, 3.8) is 0 Å². The molecule has 2 atom stereocenters. The molecule has 0 aromatic heterocycles. The number of nitrogens with zero attached hydrogens (tertiary/aromatic N) is 3. The van der Waals surface area contributed by atoms with Gasteiger partial charge in [0.2, 0.25) is 5.91 Å².